The Bertz CT molecular complexity index is 1060. The SMILES string of the molecule is O=C(Nc1ccccc1NC12CC3CC(CC(C3)C1)C2)C1CCN(C(=O)COc2ccccc2)CC1. The van der Waals surface area contributed by atoms with E-state index in [9.17, 15) is 9.59 Å². The predicted molar refractivity (Wildman–Crippen MR) is 141 cm³/mol. The summed E-state index contributed by atoms with van der Waals surface area (Å²) in [5.74, 6) is 3.26. The van der Waals surface area contributed by atoms with Gasteiger partial charge in [-0.3, -0.25) is 9.59 Å². The molecule has 6 nitrogen and oxygen atoms in total. The van der Waals surface area contributed by atoms with Crippen molar-refractivity contribution in [3.63, 3.8) is 0 Å². The fraction of sp³-hybridized carbons (Fsp3) is 0.533. The van der Waals surface area contributed by atoms with E-state index in [1.165, 1.54) is 38.5 Å². The zero-order chi connectivity index (χ0) is 24.5. The van der Waals surface area contributed by atoms with Gasteiger partial charge in [0.25, 0.3) is 5.91 Å². The summed E-state index contributed by atoms with van der Waals surface area (Å²) in [5, 5.41) is 7.16. The van der Waals surface area contributed by atoms with E-state index in [0.717, 1.165) is 29.1 Å². The minimum absolute atomic E-state index is 0.0252. The van der Waals surface area contributed by atoms with Gasteiger partial charge in [-0.15, -0.1) is 0 Å². The monoisotopic (exact) mass is 487 g/mol. The van der Waals surface area contributed by atoms with Crippen molar-refractivity contribution < 1.29 is 14.3 Å². The van der Waals surface area contributed by atoms with E-state index in [1.54, 1.807) is 0 Å². The van der Waals surface area contributed by atoms with E-state index in [0.29, 0.717) is 31.7 Å². The van der Waals surface area contributed by atoms with Crippen LogP contribution < -0.4 is 15.4 Å². The van der Waals surface area contributed by atoms with Crippen LogP contribution in [0.2, 0.25) is 0 Å². The predicted octanol–water partition coefficient (Wildman–Crippen LogP) is 5.32. The Balaban J connectivity index is 1.03. The third kappa shape index (κ3) is 4.95. The third-order valence-corrected chi connectivity index (χ3v) is 8.95. The Morgan fingerprint density at radius 2 is 1.42 bits per heavy atom. The molecule has 1 aliphatic heterocycles. The molecule has 0 radical (unpaired) electrons. The smallest absolute Gasteiger partial charge is 0.260 e. The molecule has 0 unspecified atom stereocenters. The number of piperidine rings is 1. The first kappa shape index (κ1) is 23.4. The van der Waals surface area contributed by atoms with E-state index in [1.807, 2.05) is 47.4 Å². The number of anilines is 2. The van der Waals surface area contributed by atoms with Gasteiger partial charge in [0.15, 0.2) is 6.61 Å². The number of nitrogens with one attached hydrogen (secondary N) is 2. The van der Waals surface area contributed by atoms with Gasteiger partial charge in [-0.2, -0.15) is 0 Å². The van der Waals surface area contributed by atoms with Crippen LogP contribution in [0.5, 0.6) is 5.75 Å². The number of nitrogens with zero attached hydrogens (tertiary/aromatic N) is 1. The summed E-state index contributed by atoms with van der Waals surface area (Å²) in [4.78, 5) is 27.6. The molecule has 2 N–H and O–H groups in total. The van der Waals surface area contributed by atoms with Crippen LogP contribution in [0.3, 0.4) is 0 Å². The standard InChI is InChI=1S/C30H37N3O3/c34-28(20-36-25-6-2-1-3-7-25)33-12-10-24(11-13-33)29(35)31-26-8-4-5-9-27(26)32-30-17-21-14-22(18-30)16-23(15-21)19-30/h1-9,21-24,32H,10-20H2,(H,31,35). The summed E-state index contributed by atoms with van der Waals surface area (Å²) in [5.41, 5.74) is 2.13. The molecule has 190 valence electrons. The molecule has 4 aliphatic carbocycles. The zero-order valence-corrected chi connectivity index (χ0v) is 21.0. The van der Waals surface area contributed by atoms with Crippen LogP contribution in [0.25, 0.3) is 0 Å². The average Bonchev–Trinajstić information content (AvgIpc) is 2.88. The van der Waals surface area contributed by atoms with Crippen LogP contribution in [0, 0.1) is 23.7 Å². The second-order valence-corrected chi connectivity index (χ2v) is 11.6. The van der Waals surface area contributed by atoms with Gasteiger partial charge in [-0.1, -0.05) is 30.3 Å². The van der Waals surface area contributed by atoms with E-state index in [4.69, 9.17) is 4.74 Å². The zero-order valence-electron chi connectivity index (χ0n) is 21.0. The summed E-state index contributed by atoms with van der Waals surface area (Å²) in [6.45, 7) is 1.20. The first-order valence-corrected chi connectivity index (χ1v) is 13.7. The molecule has 6 heteroatoms. The highest BCUT2D eigenvalue weighted by Crippen LogP contribution is 2.56. The molecular weight excluding hydrogens is 450 g/mol. The van der Waals surface area contributed by atoms with Crippen LogP contribution in [0.1, 0.15) is 51.4 Å². The van der Waals surface area contributed by atoms with E-state index in [2.05, 4.69) is 22.8 Å². The second-order valence-electron chi connectivity index (χ2n) is 11.6. The second kappa shape index (κ2) is 9.79. The normalized spacial score (nSPS) is 29.1. The van der Waals surface area contributed by atoms with Crippen molar-refractivity contribution in [2.45, 2.75) is 56.9 Å². The molecule has 0 spiro atoms. The summed E-state index contributed by atoms with van der Waals surface area (Å²) in [6, 6.07) is 17.6. The number of amides is 2. The van der Waals surface area contributed by atoms with Crippen LogP contribution in [-0.4, -0.2) is 41.9 Å². The number of ether oxygens (including phenoxy) is 1. The molecule has 0 aromatic heterocycles. The van der Waals surface area contributed by atoms with Crippen molar-refractivity contribution in [3.05, 3.63) is 54.6 Å². The minimum Gasteiger partial charge on any atom is -0.484 e. The van der Waals surface area contributed by atoms with Gasteiger partial charge >= 0.3 is 0 Å². The van der Waals surface area contributed by atoms with E-state index in [-0.39, 0.29) is 29.9 Å². The van der Waals surface area contributed by atoms with Crippen LogP contribution in [0.4, 0.5) is 11.4 Å². The largest absolute Gasteiger partial charge is 0.484 e. The third-order valence-electron chi connectivity index (χ3n) is 8.95. The summed E-state index contributed by atoms with van der Waals surface area (Å²) < 4.78 is 5.61. The van der Waals surface area contributed by atoms with E-state index >= 15 is 0 Å². The number of hydrogen-bond acceptors (Lipinski definition) is 4. The minimum atomic E-state index is -0.0864. The molecular formula is C30H37N3O3. The van der Waals surface area contributed by atoms with Crippen molar-refractivity contribution in [1.29, 1.82) is 0 Å². The highest BCUT2D eigenvalue weighted by atomic mass is 16.5. The fourth-order valence-electron chi connectivity index (χ4n) is 7.63. The topological polar surface area (TPSA) is 70.7 Å². The van der Waals surface area contributed by atoms with Crippen molar-refractivity contribution in [2.24, 2.45) is 23.7 Å². The molecule has 2 amide bonds. The number of hydrogen-bond donors (Lipinski definition) is 2. The van der Waals surface area contributed by atoms with Gasteiger partial charge in [0.2, 0.25) is 5.91 Å². The Labute approximate surface area is 213 Å². The van der Waals surface area contributed by atoms with Crippen molar-refractivity contribution in [3.8, 4) is 5.75 Å². The number of benzene rings is 2. The highest BCUT2D eigenvalue weighted by molar-refractivity contribution is 5.96. The van der Waals surface area contributed by atoms with Crippen molar-refractivity contribution >= 4 is 23.2 Å². The lowest BCUT2D eigenvalue weighted by Crippen LogP contribution is -2.54. The van der Waals surface area contributed by atoms with Gasteiger partial charge in [0, 0.05) is 24.5 Å². The summed E-state index contributed by atoms with van der Waals surface area (Å²) in [6.07, 6.45) is 9.39. The van der Waals surface area contributed by atoms with Gasteiger partial charge < -0.3 is 20.3 Å². The lowest BCUT2D eigenvalue weighted by Gasteiger charge is -2.57. The van der Waals surface area contributed by atoms with Crippen LogP contribution in [-0.2, 0) is 9.59 Å². The maximum atomic E-state index is 13.2. The Kier molecular flexibility index (Phi) is 6.36. The molecule has 7 rings (SSSR count). The number of carbonyl (C=O) groups is 2. The maximum absolute atomic E-state index is 13.2. The quantitative estimate of drug-likeness (QED) is 0.554. The molecule has 4 saturated carbocycles. The van der Waals surface area contributed by atoms with Crippen LogP contribution >= 0.6 is 0 Å². The van der Waals surface area contributed by atoms with Gasteiger partial charge in [-0.25, -0.2) is 0 Å². The fourth-order valence-corrected chi connectivity index (χ4v) is 7.63. The number of carbonyl (C=O) groups excluding carboxylic acids is 2. The Morgan fingerprint density at radius 1 is 0.833 bits per heavy atom. The first-order valence-electron chi connectivity index (χ1n) is 13.7. The van der Waals surface area contributed by atoms with Gasteiger partial charge in [-0.05, 0) is 93.4 Å². The molecule has 4 bridgehead atoms. The molecule has 2 aromatic rings. The Hall–Kier alpha value is -3.02. The number of para-hydroxylation sites is 3. The maximum Gasteiger partial charge on any atom is 0.260 e. The molecule has 5 fully saturated rings. The molecule has 0 atom stereocenters. The number of rotatable bonds is 7. The first-order chi connectivity index (χ1) is 17.6. The lowest BCUT2D eigenvalue weighted by atomic mass is 9.53. The molecule has 36 heavy (non-hydrogen) atoms. The van der Waals surface area contributed by atoms with Crippen LogP contribution in [0.15, 0.2) is 54.6 Å². The number of likely N-dealkylation sites (tertiary alicyclic amines) is 1. The molecule has 2 aromatic carbocycles. The van der Waals surface area contributed by atoms with Crippen molar-refractivity contribution in [2.75, 3.05) is 30.3 Å². The molecule has 1 heterocycles. The summed E-state index contributed by atoms with van der Waals surface area (Å²) in [7, 11) is 0. The molecule has 5 aliphatic rings. The highest BCUT2D eigenvalue weighted by Gasteiger charge is 2.51. The van der Waals surface area contributed by atoms with Crippen molar-refractivity contribution in [1.82, 2.24) is 4.90 Å². The van der Waals surface area contributed by atoms with E-state index < -0.39 is 0 Å². The van der Waals surface area contributed by atoms with Gasteiger partial charge in [0.05, 0.1) is 11.4 Å². The Morgan fingerprint density at radius 3 is 2.06 bits per heavy atom. The lowest BCUT2D eigenvalue weighted by molar-refractivity contribution is -0.136. The summed E-state index contributed by atoms with van der Waals surface area (Å²) >= 11 is 0. The van der Waals surface area contributed by atoms with Gasteiger partial charge in [0.1, 0.15) is 5.75 Å². The average molecular weight is 488 g/mol. The molecule has 1 saturated heterocycles.